The van der Waals surface area contributed by atoms with E-state index in [1.165, 1.54) is 70.8 Å². The number of benzene rings is 8. The van der Waals surface area contributed by atoms with E-state index in [0.717, 1.165) is 10.9 Å². The fourth-order valence-corrected chi connectivity index (χ4v) is 8.21. The average molecular weight is 683 g/mol. The zero-order valence-electron chi connectivity index (χ0n) is 29.0. The number of nitrogens with two attached hydrogens (primary N) is 1. The van der Waals surface area contributed by atoms with Crippen molar-refractivity contribution in [2.75, 3.05) is 5.73 Å². The molecule has 3 N–H and O–H groups in total. The van der Waals surface area contributed by atoms with Gasteiger partial charge in [-0.3, -0.25) is 5.41 Å². The first kappa shape index (κ1) is 30.7. The van der Waals surface area contributed by atoms with Gasteiger partial charge >= 0.3 is 0 Å². The maximum atomic E-state index is 8.17. The third-order valence-corrected chi connectivity index (χ3v) is 10.6. The number of hydrogen-bond donors (Lipinski definition) is 2. The number of aromatic nitrogens is 2. The number of anilines is 1. The lowest BCUT2D eigenvalue weighted by Gasteiger charge is -2.10. The van der Waals surface area contributed by atoms with Crippen LogP contribution in [0, 0.1) is 5.41 Å². The summed E-state index contributed by atoms with van der Waals surface area (Å²) in [6, 6.07) is 59.0. The van der Waals surface area contributed by atoms with Crippen LogP contribution in [-0.2, 0) is 7.05 Å². The second-order valence-corrected chi connectivity index (χ2v) is 13.5. The Morgan fingerprint density at radius 3 is 1.87 bits per heavy atom. The minimum Gasteiger partial charge on any atom is -0.452 e. The molecule has 8 aromatic carbocycles. The number of nitrogens with one attached hydrogen (secondary N) is 1. The van der Waals surface area contributed by atoms with E-state index in [2.05, 4.69) is 131 Å². The van der Waals surface area contributed by atoms with Gasteiger partial charge in [0.25, 0.3) is 0 Å². The van der Waals surface area contributed by atoms with Crippen LogP contribution in [-0.4, -0.2) is 14.8 Å². The Labute approximate surface area is 305 Å². The van der Waals surface area contributed by atoms with Crippen molar-refractivity contribution in [1.82, 2.24) is 9.13 Å². The maximum absolute atomic E-state index is 8.17. The van der Waals surface area contributed by atoms with E-state index in [9.17, 15) is 0 Å². The molecular weight excluding hydrogens is 649 g/mol. The first-order valence-electron chi connectivity index (χ1n) is 17.8. The Morgan fingerprint density at radius 2 is 1.09 bits per heavy atom. The van der Waals surface area contributed by atoms with Crippen LogP contribution in [0.5, 0.6) is 0 Å². The van der Waals surface area contributed by atoms with Crippen molar-refractivity contribution >= 4 is 87.5 Å². The molecular formula is C48H34N4O. The summed E-state index contributed by atoms with van der Waals surface area (Å²) >= 11 is 0. The predicted octanol–water partition coefficient (Wildman–Crippen LogP) is 12.2. The van der Waals surface area contributed by atoms with Gasteiger partial charge in [0.15, 0.2) is 5.76 Å². The van der Waals surface area contributed by atoms with E-state index in [4.69, 9.17) is 15.6 Å². The van der Waals surface area contributed by atoms with Gasteiger partial charge in [-0.2, -0.15) is 0 Å². The monoisotopic (exact) mass is 682 g/mol. The number of para-hydroxylation sites is 4. The van der Waals surface area contributed by atoms with Crippen LogP contribution < -0.4 is 5.73 Å². The van der Waals surface area contributed by atoms with Crippen molar-refractivity contribution in [2.24, 2.45) is 7.05 Å². The van der Waals surface area contributed by atoms with Crippen molar-refractivity contribution in [3.05, 3.63) is 181 Å². The Hall–Kier alpha value is -7.11. The molecule has 0 fully saturated rings. The van der Waals surface area contributed by atoms with Crippen LogP contribution in [0.1, 0.15) is 11.3 Å². The fraction of sp³-hybridized carbons (Fsp3) is 0.0208. The van der Waals surface area contributed by atoms with Gasteiger partial charge in [0.05, 0.1) is 22.2 Å². The lowest BCUT2D eigenvalue weighted by atomic mass is 9.96. The molecule has 0 saturated heterocycles. The molecule has 3 heterocycles. The summed E-state index contributed by atoms with van der Waals surface area (Å²) in [5.74, 6) is 0.433. The largest absolute Gasteiger partial charge is 0.452 e. The number of furan rings is 1. The molecule has 3 aromatic heterocycles. The topological polar surface area (TPSA) is 72.9 Å². The van der Waals surface area contributed by atoms with Gasteiger partial charge in [-0.1, -0.05) is 127 Å². The van der Waals surface area contributed by atoms with Crippen molar-refractivity contribution in [3.63, 3.8) is 0 Å². The van der Waals surface area contributed by atoms with Gasteiger partial charge in [0, 0.05) is 56.1 Å². The lowest BCUT2D eigenvalue weighted by molar-refractivity contribution is 0.606. The zero-order chi connectivity index (χ0) is 35.6. The lowest BCUT2D eigenvalue weighted by Crippen LogP contribution is -2.02. The Balaban J connectivity index is 0.000000164. The minimum atomic E-state index is 0.310. The number of nitrogens with zero attached hydrogens (tertiary/aromatic N) is 2. The van der Waals surface area contributed by atoms with Gasteiger partial charge in [-0.25, -0.2) is 0 Å². The van der Waals surface area contributed by atoms with E-state index in [-0.39, 0.29) is 0 Å². The summed E-state index contributed by atoms with van der Waals surface area (Å²) in [5.41, 5.74) is 14.6. The van der Waals surface area contributed by atoms with Crippen LogP contribution in [0.2, 0.25) is 0 Å². The van der Waals surface area contributed by atoms with Crippen molar-refractivity contribution in [3.8, 4) is 5.69 Å². The molecule has 53 heavy (non-hydrogen) atoms. The molecule has 5 nitrogen and oxygen atoms in total. The molecule has 0 spiro atoms. The van der Waals surface area contributed by atoms with Gasteiger partial charge in [-0.05, 0) is 58.6 Å². The molecule has 0 atom stereocenters. The molecule has 0 aliphatic heterocycles. The van der Waals surface area contributed by atoms with E-state index in [0.29, 0.717) is 22.7 Å². The Kier molecular flexibility index (Phi) is 6.95. The number of rotatable bonds is 3. The Bertz CT molecular complexity index is 3200. The molecule has 11 rings (SSSR count). The number of aryl methyl sites for hydroxylation is 1. The first-order chi connectivity index (χ1) is 26.1. The van der Waals surface area contributed by atoms with Crippen LogP contribution in [0.4, 0.5) is 5.69 Å². The summed E-state index contributed by atoms with van der Waals surface area (Å²) < 4.78 is 10.4. The number of hydrogen-bond acceptors (Lipinski definition) is 3. The average Bonchev–Trinajstić information content (AvgIpc) is 3.85. The highest BCUT2D eigenvalue weighted by molar-refractivity contribution is 6.31. The third-order valence-electron chi connectivity index (χ3n) is 10.6. The summed E-state index contributed by atoms with van der Waals surface area (Å²) in [6.45, 7) is 0. The van der Waals surface area contributed by atoms with Crippen LogP contribution >= 0.6 is 0 Å². The summed E-state index contributed by atoms with van der Waals surface area (Å²) in [4.78, 5) is 0. The van der Waals surface area contributed by atoms with Crippen molar-refractivity contribution in [2.45, 2.75) is 0 Å². The molecule has 0 aliphatic carbocycles. The SMILES string of the molecule is Cn1c2ccccc2c2ccc3c(ccc4ccc5c(c6ccccc6n5-c5ccccc5)c43)c21.N=C(c1ccccc1)c1oc2ccccc2c1N. The highest BCUT2D eigenvalue weighted by Crippen LogP contribution is 2.42. The quantitative estimate of drug-likeness (QED) is 0.144. The zero-order valence-corrected chi connectivity index (χ0v) is 29.0. The highest BCUT2D eigenvalue weighted by atomic mass is 16.3. The van der Waals surface area contributed by atoms with E-state index in [1.807, 2.05) is 54.6 Å². The smallest absolute Gasteiger partial charge is 0.176 e. The van der Waals surface area contributed by atoms with Crippen LogP contribution in [0.25, 0.3) is 81.8 Å². The predicted molar refractivity (Wildman–Crippen MR) is 223 cm³/mol. The van der Waals surface area contributed by atoms with Gasteiger partial charge in [0.1, 0.15) is 11.3 Å². The fourth-order valence-electron chi connectivity index (χ4n) is 8.21. The standard InChI is InChI=1S/C33H22N2.C15H12N2O/c1-34-28-13-7-5-11-23(28)25-19-18-24-26(33(25)34)17-15-21-16-20-30-32(31(21)24)27-12-6-8-14-29(27)35(30)22-9-3-2-4-10-22;16-13(10-6-2-1-3-7-10)15-14(17)11-8-4-5-9-12(11)18-15/h2-20H,1H3;1-9,16H,17H2. The second kappa shape index (κ2) is 12.0. The van der Waals surface area contributed by atoms with Crippen molar-refractivity contribution in [1.29, 1.82) is 5.41 Å². The summed E-state index contributed by atoms with van der Waals surface area (Å²) in [7, 11) is 2.19. The van der Waals surface area contributed by atoms with E-state index < -0.39 is 0 Å². The van der Waals surface area contributed by atoms with Crippen LogP contribution in [0.3, 0.4) is 0 Å². The molecule has 0 unspecified atom stereocenters. The third kappa shape index (κ3) is 4.68. The van der Waals surface area contributed by atoms with Crippen molar-refractivity contribution < 1.29 is 4.42 Å². The molecule has 0 aliphatic rings. The Morgan fingerprint density at radius 1 is 0.509 bits per heavy atom. The summed E-state index contributed by atoms with van der Waals surface area (Å²) in [6.07, 6.45) is 0. The molecule has 0 radical (unpaired) electrons. The number of fused-ring (bicyclic) bond motifs is 12. The van der Waals surface area contributed by atoms with E-state index in [1.54, 1.807) is 0 Å². The van der Waals surface area contributed by atoms with Gasteiger partial charge < -0.3 is 19.3 Å². The molecule has 0 saturated carbocycles. The van der Waals surface area contributed by atoms with Gasteiger partial charge in [0.2, 0.25) is 0 Å². The molecule has 0 amide bonds. The second-order valence-electron chi connectivity index (χ2n) is 13.5. The normalized spacial score (nSPS) is 11.6. The molecule has 252 valence electrons. The molecule has 11 aromatic rings. The first-order valence-corrected chi connectivity index (χ1v) is 17.8. The van der Waals surface area contributed by atoms with Gasteiger partial charge in [-0.15, -0.1) is 0 Å². The highest BCUT2D eigenvalue weighted by Gasteiger charge is 2.19. The van der Waals surface area contributed by atoms with Crippen LogP contribution in [0.15, 0.2) is 174 Å². The molecule has 5 heteroatoms. The van der Waals surface area contributed by atoms with E-state index >= 15 is 0 Å². The minimum absolute atomic E-state index is 0.310. The number of nitrogen functional groups attached to an aromatic ring is 1. The molecule has 0 bridgehead atoms. The maximum Gasteiger partial charge on any atom is 0.176 e. The summed E-state index contributed by atoms with van der Waals surface area (Å²) in [5, 5.41) is 19.5.